The molecule has 1 heterocycles. The highest BCUT2D eigenvalue weighted by molar-refractivity contribution is 5.75. The Labute approximate surface area is 114 Å². The molecule has 1 unspecified atom stereocenters. The van der Waals surface area contributed by atoms with E-state index >= 15 is 0 Å². The van der Waals surface area contributed by atoms with Crippen molar-refractivity contribution in [1.82, 2.24) is 20.5 Å². The molecule has 0 fully saturated rings. The van der Waals surface area contributed by atoms with Crippen LogP contribution in [0.25, 0.3) is 0 Å². The van der Waals surface area contributed by atoms with Gasteiger partial charge in [-0.15, -0.1) is 0 Å². The molecule has 108 valence electrons. The van der Waals surface area contributed by atoms with Gasteiger partial charge in [0.15, 0.2) is 0 Å². The van der Waals surface area contributed by atoms with E-state index in [1.807, 2.05) is 0 Å². The van der Waals surface area contributed by atoms with Crippen LogP contribution in [0.4, 0.5) is 0 Å². The molecule has 0 bridgehead atoms. The van der Waals surface area contributed by atoms with Crippen molar-refractivity contribution >= 4 is 5.91 Å². The standard InChI is InChI=1S/C13H25N5O/c1-10(2)11(5-7-14)3-4-13(19)15-8-6-12-16-9-17-18-12/h9-11H,3-8,14H2,1-2H3,(H,15,19)(H,16,17,18). The number of nitrogens with zero attached hydrogens (tertiary/aromatic N) is 2. The van der Waals surface area contributed by atoms with Crippen molar-refractivity contribution in [3.8, 4) is 0 Å². The monoisotopic (exact) mass is 267 g/mol. The Balaban J connectivity index is 2.16. The van der Waals surface area contributed by atoms with Gasteiger partial charge in [0.2, 0.25) is 5.91 Å². The summed E-state index contributed by atoms with van der Waals surface area (Å²) >= 11 is 0. The van der Waals surface area contributed by atoms with Crippen LogP contribution in [-0.4, -0.2) is 34.2 Å². The average molecular weight is 267 g/mol. The van der Waals surface area contributed by atoms with Crippen molar-refractivity contribution in [1.29, 1.82) is 0 Å². The van der Waals surface area contributed by atoms with Gasteiger partial charge in [-0.05, 0) is 31.2 Å². The van der Waals surface area contributed by atoms with E-state index in [0.717, 1.165) is 18.7 Å². The lowest BCUT2D eigenvalue weighted by atomic mass is 9.88. The Morgan fingerprint density at radius 2 is 2.26 bits per heavy atom. The molecule has 0 aliphatic rings. The molecule has 4 N–H and O–H groups in total. The third-order valence-corrected chi connectivity index (χ3v) is 3.37. The van der Waals surface area contributed by atoms with Crippen LogP contribution < -0.4 is 11.1 Å². The predicted molar refractivity (Wildman–Crippen MR) is 74.3 cm³/mol. The molecule has 0 aliphatic heterocycles. The number of carbonyl (C=O) groups is 1. The molecule has 0 aliphatic carbocycles. The predicted octanol–water partition coefficient (Wildman–Crippen LogP) is 0.865. The molecule has 1 rings (SSSR count). The molecule has 1 atom stereocenters. The minimum absolute atomic E-state index is 0.0992. The number of nitrogens with two attached hydrogens (primary N) is 1. The topological polar surface area (TPSA) is 96.7 Å². The molecule has 6 heteroatoms. The van der Waals surface area contributed by atoms with Crippen LogP contribution in [0.15, 0.2) is 6.33 Å². The number of H-pyrrole nitrogens is 1. The van der Waals surface area contributed by atoms with Gasteiger partial charge >= 0.3 is 0 Å². The zero-order valence-corrected chi connectivity index (χ0v) is 11.9. The fourth-order valence-electron chi connectivity index (χ4n) is 2.10. The number of amides is 1. The van der Waals surface area contributed by atoms with Gasteiger partial charge in [0.1, 0.15) is 12.2 Å². The second kappa shape index (κ2) is 8.63. The smallest absolute Gasteiger partial charge is 0.220 e. The summed E-state index contributed by atoms with van der Waals surface area (Å²) < 4.78 is 0. The van der Waals surface area contributed by atoms with Crippen molar-refractivity contribution in [3.05, 3.63) is 12.2 Å². The second-order valence-corrected chi connectivity index (χ2v) is 5.15. The maximum atomic E-state index is 11.7. The van der Waals surface area contributed by atoms with E-state index in [2.05, 4.69) is 34.3 Å². The van der Waals surface area contributed by atoms with Crippen molar-refractivity contribution in [2.24, 2.45) is 17.6 Å². The highest BCUT2D eigenvalue weighted by Crippen LogP contribution is 2.20. The lowest BCUT2D eigenvalue weighted by Gasteiger charge is -2.19. The maximum Gasteiger partial charge on any atom is 0.220 e. The van der Waals surface area contributed by atoms with Gasteiger partial charge in [-0.3, -0.25) is 9.89 Å². The van der Waals surface area contributed by atoms with Crippen molar-refractivity contribution < 1.29 is 4.79 Å². The highest BCUT2D eigenvalue weighted by atomic mass is 16.1. The molecule has 0 spiro atoms. The molecule has 0 saturated carbocycles. The summed E-state index contributed by atoms with van der Waals surface area (Å²) in [4.78, 5) is 15.7. The van der Waals surface area contributed by atoms with Crippen molar-refractivity contribution in [2.45, 2.75) is 39.5 Å². The first kappa shape index (κ1) is 15.6. The van der Waals surface area contributed by atoms with E-state index in [1.165, 1.54) is 6.33 Å². The summed E-state index contributed by atoms with van der Waals surface area (Å²) in [6.45, 7) is 5.65. The molecular weight excluding hydrogens is 242 g/mol. The zero-order chi connectivity index (χ0) is 14.1. The lowest BCUT2D eigenvalue weighted by Crippen LogP contribution is -2.27. The zero-order valence-electron chi connectivity index (χ0n) is 11.9. The Hall–Kier alpha value is -1.43. The van der Waals surface area contributed by atoms with Crippen LogP contribution in [0.1, 0.15) is 38.9 Å². The molecule has 1 aromatic heterocycles. The van der Waals surface area contributed by atoms with E-state index in [0.29, 0.717) is 37.8 Å². The van der Waals surface area contributed by atoms with E-state index in [-0.39, 0.29) is 5.91 Å². The first-order chi connectivity index (χ1) is 9.13. The first-order valence-electron chi connectivity index (χ1n) is 6.94. The third-order valence-electron chi connectivity index (χ3n) is 3.37. The van der Waals surface area contributed by atoms with Gasteiger partial charge in [-0.2, -0.15) is 5.10 Å². The minimum atomic E-state index is 0.0992. The SMILES string of the molecule is CC(C)C(CCN)CCC(=O)NCCc1ncn[nH]1. The van der Waals surface area contributed by atoms with Gasteiger partial charge in [0, 0.05) is 19.4 Å². The summed E-state index contributed by atoms with van der Waals surface area (Å²) in [6.07, 6.45) is 4.62. The van der Waals surface area contributed by atoms with Gasteiger partial charge in [0.25, 0.3) is 0 Å². The number of aromatic nitrogens is 3. The number of nitrogens with one attached hydrogen (secondary N) is 2. The molecule has 6 nitrogen and oxygen atoms in total. The van der Waals surface area contributed by atoms with Crippen LogP contribution in [0, 0.1) is 11.8 Å². The summed E-state index contributed by atoms with van der Waals surface area (Å²) in [6, 6.07) is 0. The van der Waals surface area contributed by atoms with E-state index in [9.17, 15) is 4.79 Å². The Morgan fingerprint density at radius 1 is 1.47 bits per heavy atom. The Morgan fingerprint density at radius 3 is 2.84 bits per heavy atom. The van der Waals surface area contributed by atoms with Crippen LogP contribution >= 0.6 is 0 Å². The molecule has 0 aromatic carbocycles. The Bertz CT molecular complexity index is 350. The van der Waals surface area contributed by atoms with Gasteiger partial charge in [-0.1, -0.05) is 13.8 Å². The normalized spacial score (nSPS) is 12.6. The van der Waals surface area contributed by atoms with E-state index < -0.39 is 0 Å². The van der Waals surface area contributed by atoms with Gasteiger partial charge in [-0.25, -0.2) is 4.98 Å². The minimum Gasteiger partial charge on any atom is -0.356 e. The number of aromatic amines is 1. The molecule has 1 amide bonds. The fraction of sp³-hybridized carbons (Fsp3) is 0.769. The van der Waals surface area contributed by atoms with Crippen LogP contribution in [-0.2, 0) is 11.2 Å². The number of carbonyl (C=O) groups excluding carboxylic acids is 1. The highest BCUT2D eigenvalue weighted by Gasteiger charge is 2.14. The number of hydrogen-bond donors (Lipinski definition) is 3. The number of hydrogen-bond acceptors (Lipinski definition) is 4. The number of rotatable bonds is 9. The van der Waals surface area contributed by atoms with Crippen LogP contribution in [0.5, 0.6) is 0 Å². The molecule has 1 aromatic rings. The van der Waals surface area contributed by atoms with Crippen molar-refractivity contribution in [3.63, 3.8) is 0 Å². The first-order valence-corrected chi connectivity index (χ1v) is 6.94. The van der Waals surface area contributed by atoms with Gasteiger partial charge < -0.3 is 11.1 Å². The van der Waals surface area contributed by atoms with E-state index in [4.69, 9.17) is 5.73 Å². The molecular formula is C13H25N5O. The second-order valence-electron chi connectivity index (χ2n) is 5.15. The largest absolute Gasteiger partial charge is 0.356 e. The molecule has 0 radical (unpaired) electrons. The fourth-order valence-corrected chi connectivity index (χ4v) is 2.10. The lowest BCUT2D eigenvalue weighted by molar-refractivity contribution is -0.121. The summed E-state index contributed by atoms with van der Waals surface area (Å²) in [5.74, 6) is 2.00. The average Bonchev–Trinajstić information content (AvgIpc) is 2.87. The summed E-state index contributed by atoms with van der Waals surface area (Å²) in [5, 5.41) is 9.42. The van der Waals surface area contributed by atoms with Crippen LogP contribution in [0.2, 0.25) is 0 Å². The molecule has 0 saturated heterocycles. The van der Waals surface area contributed by atoms with E-state index in [1.54, 1.807) is 0 Å². The third kappa shape index (κ3) is 6.33. The summed E-state index contributed by atoms with van der Waals surface area (Å²) in [7, 11) is 0. The summed E-state index contributed by atoms with van der Waals surface area (Å²) in [5.41, 5.74) is 5.59. The van der Waals surface area contributed by atoms with Crippen LogP contribution in [0.3, 0.4) is 0 Å². The Kier molecular flexibility index (Phi) is 7.10. The quantitative estimate of drug-likeness (QED) is 0.618. The maximum absolute atomic E-state index is 11.7. The van der Waals surface area contributed by atoms with Gasteiger partial charge in [0.05, 0.1) is 0 Å². The molecule has 19 heavy (non-hydrogen) atoms. The van der Waals surface area contributed by atoms with Crippen molar-refractivity contribution in [2.75, 3.05) is 13.1 Å².